The van der Waals surface area contributed by atoms with Gasteiger partial charge in [0.05, 0.1) is 80.0 Å². The summed E-state index contributed by atoms with van der Waals surface area (Å²) >= 11 is 1.94. The molecule has 0 bridgehead atoms. The minimum absolute atomic E-state index is 0.0127. The number of benzene rings is 5. The predicted molar refractivity (Wildman–Crippen MR) is 394 cm³/mol. The molecule has 5 aromatic carbocycles. The van der Waals surface area contributed by atoms with E-state index < -0.39 is 84.4 Å². The Hall–Kier alpha value is -9.25. The highest BCUT2D eigenvalue weighted by atomic mass is 32.2. The van der Waals surface area contributed by atoms with E-state index in [-0.39, 0.29) is 60.7 Å². The van der Waals surface area contributed by atoms with Crippen molar-refractivity contribution in [1.29, 1.82) is 0 Å². The summed E-state index contributed by atoms with van der Waals surface area (Å²) < 4.78 is 25.0. The van der Waals surface area contributed by atoms with Gasteiger partial charge in [0.25, 0.3) is 5.91 Å². The van der Waals surface area contributed by atoms with Crippen molar-refractivity contribution in [1.82, 2.24) is 36.4 Å². The minimum atomic E-state index is -1.08. The molecule has 1 spiro atoms. The third-order valence-electron chi connectivity index (χ3n) is 21.6. The van der Waals surface area contributed by atoms with Gasteiger partial charge in [0, 0.05) is 84.9 Å². The zero-order valence-electron chi connectivity index (χ0n) is 59.7. The summed E-state index contributed by atoms with van der Waals surface area (Å²) in [5, 5.41) is 32.9. The number of aliphatic hydroxyl groups excluding tert-OH is 1. The van der Waals surface area contributed by atoms with Crippen LogP contribution in [0.2, 0.25) is 0 Å². The summed E-state index contributed by atoms with van der Waals surface area (Å²) in [4.78, 5) is 116. The summed E-state index contributed by atoms with van der Waals surface area (Å²) in [6.45, 7) is 6.35. The van der Waals surface area contributed by atoms with Crippen LogP contribution in [0.4, 0.5) is 17.1 Å². The zero-order chi connectivity index (χ0) is 72.8. The standard InChI is InChI=1S/C80H94N10O13S/c1-48(2)73(87-71(93)44-83-70(92)43-82-69(91)29-30-72(94)89-45-54-15-8-7-13-51(54)19-20-53-14-9-10-16-62(53)89)76(97)84-49(3)74(95)85-56-23-17-50(18-24-56)39-80-41-67(101-5)66(38-68(80)86-75(96)63-40-79(31-32-79)47-90(63)78(80)99)103-34-12-6-11-33-102-65-37-61-60(36-64(65)100-4)77(98)88-46-55(35-57(88)42-81-61)52-21-25-58(26-22-52)104-59-27-28-59/h7-10,13-18,21-26,36-37,46,48-49,57,59,63,66-68,73,75,81,86,96H,6,11-12,27-35,38-45,47H2,1-5H3,(H,82,91)(H,83,92)(H,84,97)(H,85,95)(H,87,93)/t49-,57-,63-,66?,67?,68?,73-,75?,80?/m0/s1. The molecule has 5 fully saturated rings. The first kappa shape index (κ1) is 73.1. The number of hydrogen-bond acceptors (Lipinski definition) is 16. The molecule has 0 radical (unpaired) electrons. The number of methoxy groups -OCH3 is 2. The Labute approximate surface area is 611 Å². The van der Waals surface area contributed by atoms with Crippen molar-refractivity contribution < 1.29 is 62.4 Å². The van der Waals surface area contributed by atoms with Crippen LogP contribution in [0.3, 0.4) is 0 Å². The second kappa shape index (κ2) is 32.0. The minimum Gasteiger partial charge on any atom is -0.493 e. The van der Waals surface area contributed by atoms with E-state index in [2.05, 4.69) is 73.3 Å². The molecule has 5 aromatic rings. The van der Waals surface area contributed by atoms with Crippen molar-refractivity contribution in [3.63, 3.8) is 0 Å². The molecule has 24 heteroatoms. The number of para-hydroxylation sites is 1. The van der Waals surface area contributed by atoms with Crippen molar-refractivity contribution in [3.8, 4) is 23.3 Å². The average molecular weight is 1440 g/mol. The molecule has 13 rings (SSSR count). The van der Waals surface area contributed by atoms with Crippen LogP contribution < -0.4 is 51.6 Å². The quantitative estimate of drug-likeness (QED) is 0.0175. The fourth-order valence-electron chi connectivity index (χ4n) is 15.4. The van der Waals surface area contributed by atoms with E-state index in [0.717, 1.165) is 78.0 Å². The maximum atomic E-state index is 15.4. The Balaban J connectivity index is 0.558. The average Bonchev–Trinajstić information content (AvgIpc) is 1.54. The summed E-state index contributed by atoms with van der Waals surface area (Å²) in [7, 11) is 3.23. The van der Waals surface area contributed by atoms with Crippen LogP contribution in [0.1, 0.15) is 142 Å². The molecular formula is C80H94N10O13S. The molecule has 548 valence electrons. The Kier molecular flexibility index (Phi) is 22.5. The number of fused-ring (bicyclic) bond motifs is 6. The maximum absolute atomic E-state index is 15.4. The van der Waals surface area contributed by atoms with Crippen LogP contribution in [0, 0.1) is 28.6 Å². The smallest absolute Gasteiger partial charge is 0.260 e. The molecule has 8 aliphatic rings. The van der Waals surface area contributed by atoms with E-state index in [1.165, 1.54) is 24.7 Å². The highest BCUT2D eigenvalue weighted by Crippen LogP contribution is 2.58. The lowest BCUT2D eigenvalue weighted by Gasteiger charge is -2.48. The van der Waals surface area contributed by atoms with Crippen LogP contribution in [0.25, 0.3) is 5.57 Å². The summed E-state index contributed by atoms with van der Waals surface area (Å²) in [6.07, 6.45) is 9.41. The number of nitrogens with zero attached hydrogens (tertiary/aromatic N) is 3. The van der Waals surface area contributed by atoms with Crippen LogP contribution in [-0.2, 0) is 56.0 Å². The van der Waals surface area contributed by atoms with Gasteiger partial charge in [-0.15, -0.1) is 11.8 Å². The summed E-state index contributed by atoms with van der Waals surface area (Å²) in [5.41, 5.74) is 6.84. The van der Waals surface area contributed by atoms with Gasteiger partial charge in [-0.3, -0.25) is 43.7 Å². The van der Waals surface area contributed by atoms with Crippen LogP contribution in [-0.4, -0.2) is 170 Å². The van der Waals surface area contributed by atoms with Gasteiger partial charge in [-0.1, -0.05) is 80.3 Å². The first-order valence-electron chi connectivity index (χ1n) is 36.6. The second-order valence-corrected chi connectivity index (χ2v) is 30.8. The number of carbonyl (C=O) groups is 8. The monoisotopic (exact) mass is 1430 g/mol. The fourth-order valence-corrected chi connectivity index (χ4v) is 16.4. The summed E-state index contributed by atoms with van der Waals surface area (Å²) in [6, 6.07) is 31.5. The van der Waals surface area contributed by atoms with Gasteiger partial charge in [0.2, 0.25) is 41.4 Å². The third kappa shape index (κ3) is 16.8. The summed E-state index contributed by atoms with van der Waals surface area (Å²) in [5.74, 6) is 3.58. The Morgan fingerprint density at radius 1 is 0.769 bits per heavy atom. The number of thioether (sulfide) groups is 1. The number of aliphatic hydroxyl groups is 1. The second-order valence-electron chi connectivity index (χ2n) is 29.4. The predicted octanol–water partition coefficient (Wildman–Crippen LogP) is 7.82. The highest BCUT2D eigenvalue weighted by Gasteiger charge is 2.63. The van der Waals surface area contributed by atoms with E-state index in [4.69, 9.17) is 18.9 Å². The van der Waals surface area contributed by atoms with E-state index in [1.807, 2.05) is 94.5 Å². The molecule has 23 nitrogen and oxygen atoms in total. The lowest BCUT2D eigenvalue weighted by Crippen LogP contribution is -2.61. The van der Waals surface area contributed by atoms with Gasteiger partial charge in [0.15, 0.2) is 11.5 Å². The van der Waals surface area contributed by atoms with Gasteiger partial charge >= 0.3 is 0 Å². The number of carbonyl (C=O) groups excluding carboxylic acids is 8. The van der Waals surface area contributed by atoms with Crippen LogP contribution >= 0.6 is 11.8 Å². The molecule has 9 atom stereocenters. The van der Waals surface area contributed by atoms with Gasteiger partial charge in [-0.05, 0) is 166 Å². The molecule has 8 N–H and O–H groups in total. The van der Waals surface area contributed by atoms with E-state index in [1.54, 1.807) is 51.2 Å². The maximum Gasteiger partial charge on any atom is 0.260 e. The number of amides is 8. The van der Waals surface area contributed by atoms with Crippen molar-refractivity contribution >= 4 is 81.7 Å². The Morgan fingerprint density at radius 2 is 1.50 bits per heavy atom. The number of hydrogen-bond donors (Lipinski definition) is 8. The molecule has 8 amide bonds. The highest BCUT2D eigenvalue weighted by molar-refractivity contribution is 8.00. The largest absolute Gasteiger partial charge is 0.493 e. The number of rotatable bonds is 28. The first-order chi connectivity index (χ1) is 50.3. The first-order valence-corrected chi connectivity index (χ1v) is 37.5. The van der Waals surface area contributed by atoms with E-state index >= 15 is 4.79 Å². The molecule has 0 aromatic heterocycles. The van der Waals surface area contributed by atoms with Crippen LogP contribution in [0.15, 0.2) is 120 Å². The topological polar surface area (TPSA) is 288 Å². The van der Waals surface area contributed by atoms with Gasteiger partial charge < -0.3 is 70.7 Å². The van der Waals surface area contributed by atoms with Gasteiger partial charge in [0.1, 0.15) is 18.3 Å². The number of anilines is 3. The lowest BCUT2D eigenvalue weighted by atomic mass is 9.64. The molecule has 5 unspecified atom stereocenters. The van der Waals surface area contributed by atoms with Gasteiger partial charge in [-0.2, -0.15) is 0 Å². The molecule has 2 saturated heterocycles. The third-order valence-corrected chi connectivity index (χ3v) is 23.0. The van der Waals surface area contributed by atoms with E-state index in [9.17, 15) is 38.7 Å². The van der Waals surface area contributed by atoms with Crippen molar-refractivity contribution in [2.24, 2.45) is 16.7 Å². The van der Waals surface area contributed by atoms with Crippen molar-refractivity contribution in [2.75, 3.05) is 69.1 Å². The Bertz CT molecular complexity index is 4170. The molecule has 5 aliphatic heterocycles. The normalized spacial score (nSPS) is 23.0. The number of nitrogens with one attached hydrogen (secondary N) is 7. The Morgan fingerprint density at radius 3 is 2.25 bits per heavy atom. The lowest BCUT2D eigenvalue weighted by molar-refractivity contribution is -0.158. The molecule has 3 aliphatic carbocycles. The van der Waals surface area contributed by atoms with Crippen LogP contribution in [0.5, 0.6) is 11.5 Å². The molecule has 104 heavy (non-hydrogen) atoms. The van der Waals surface area contributed by atoms with Gasteiger partial charge in [-0.25, -0.2) is 0 Å². The molecule has 3 saturated carbocycles. The van der Waals surface area contributed by atoms with Crippen molar-refractivity contribution in [3.05, 3.63) is 149 Å². The molecule has 5 heterocycles. The number of unbranched alkanes of at least 4 members (excludes halogenated alkanes) is 2. The van der Waals surface area contributed by atoms with Crippen molar-refractivity contribution in [2.45, 2.75) is 176 Å². The fraction of sp³-hybridized carbons (Fsp3) is 0.475. The zero-order valence-corrected chi connectivity index (χ0v) is 60.5. The molecular weight excluding hydrogens is 1340 g/mol. The van der Waals surface area contributed by atoms with E-state index in [0.29, 0.717) is 85.3 Å². The SMILES string of the molecule is COc1cc2c(cc1OCCCCCOC1CC3NC(O)[C@@H]4CC5(CC5)CN4C(=O)C3(Cc3ccc(NC(=O)[C@H](C)NC(=O)[C@@H](NC(=O)CNC(=O)CNC(=O)CCC(=O)N4Cc5ccccc5C#Cc5ccccc54)C(C)C)cc3)CC1OC)NC[C@@H]1CC(c3ccc(SC4CC4)cc3)=CN1C2=O. The number of ether oxygens (including phenoxy) is 4.